The van der Waals surface area contributed by atoms with Crippen molar-refractivity contribution in [3.05, 3.63) is 40.6 Å². The first-order chi connectivity index (χ1) is 10.4. The third-order valence-corrected chi connectivity index (χ3v) is 2.93. The van der Waals surface area contributed by atoms with Crippen LogP contribution in [0.25, 0.3) is 0 Å². The minimum Gasteiger partial charge on any atom is -0.459 e. The Labute approximate surface area is 133 Å². The lowest BCUT2D eigenvalue weighted by molar-refractivity contribution is -0.142. The Morgan fingerprint density at radius 2 is 2.09 bits per heavy atom. The van der Waals surface area contributed by atoms with Crippen LogP contribution in [0.4, 0.5) is 5.69 Å². The van der Waals surface area contributed by atoms with Gasteiger partial charge >= 0.3 is 5.97 Å². The monoisotopic (exact) mass is 321 g/mol. The molecule has 0 unspecified atom stereocenters. The molecule has 0 aliphatic heterocycles. The molecule has 1 aromatic carbocycles. The molecule has 1 aromatic rings. The smallest absolute Gasteiger partial charge is 0.350 e. The van der Waals surface area contributed by atoms with E-state index < -0.39 is 5.97 Å². The van der Waals surface area contributed by atoms with Gasteiger partial charge in [-0.05, 0) is 26.0 Å². The molecule has 0 aliphatic carbocycles. The van der Waals surface area contributed by atoms with Gasteiger partial charge in [0.2, 0.25) is 0 Å². The van der Waals surface area contributed by atoms with Crippen LogP contribution in [0.3, 0.4) is 0 Å². The van der Waals surface area contributed by atoms with E-state index >= 15 is 0 Å². The number of carbonyl (C=O) groups is 2. The lowest BCUT2D eigenvalue weighted by Gasteiger charge is -2.09. The molecule has 0 radical (unpaired) electrons. The van der Waals surface area contributed by atoms with Gasteiger partial charge < -0.3 is 15.4 Å². The van der Waals surface area contributed by atoms with Crippen LogP contribution in [0.5, 0.6) is 0 Å². The molecule has 7 heteroatoms. The van der Waals surface area contributed by atoms with Crippen LogP contribution in [-0.4, -0.2) is 25.0 Å². The zero-order chi connectivity index (χ0) is 16.7. The summed E-state index contributed by atoms with van der Waals surface area (Å²) in [5.41, 5.74) is 0.480. The summed E-state index contributed by atoms with van der Waals surface area (Å²) in [5.74, 6) is -1.07. The highest BCUT2D eigenvalue weighted by molar-refractivity contribution is 6.36. The first kappa shape index (κ1) is 17.5. The van der Waals surface area contributed by atoms with Crippen molar-refractivity contribution in [3.63, 3.8) is 0 Å². The molecule has 6 nitrogen and oxygen atoms in total. The molecule has 0 aliphatic rings. The van der Waals surface area contributed by atoms with Gasteiger partial charge in [-0.25, -0.2) is 4.79 Å². The van der Waals surface area contributed by atoms with Gasteiger partial charge in [-0.3, -0.25) is 4.79 Å². The molecular formula is C15H16ClN3O3. The molecular weight excluding hydrogens is 306 g/mol. The minimum absolute atomic E-state index is 0.188. The second-order valence-corrected chi connectivity index (χ2v) is 4.89. The van der Waals surface area contributed by atoms with Crippen LogP contribution in [0.15, 0.2) is 30.0 Å². The quantitative estimate of drug-likeness (QED) is 0.494. The number of carbonyl (C=O) groups excluding carboxylic acids is 2. The standard InChI is InChI=1S/C15H16ClN3O3/c1-9(2)22-15(21)10(7-17)8-19-12-6-4-5-11(13(12)16)14(20)18-3/h4-6,8-9,19H,1-3H3,(H,18,20). The van der Waals surface area contributed by atoms with E-state index in [1.165, 1.54) is 13.2 Å². The lowest BCUT2D eigenvalue weighted by atomic mass is 10.2. The van der Waals surface area contributed by atoms with Crippen LogP contribution in [0.2, 0.25) is 5.02 Å². The zero-order valence-electron chi connectivity index (χ0n) is 12.4. The molecule has 0 spiro atoms. The largest absolute Gasteiger partial charge is 0.459 e. The van der Waals surface area contributed by atoms with Crippen molar-refractivity contribution < 1.29 is 14.3 Å². The molecule has 0 bridgehead atoms. The molecule has 1 rings (SSSR count). The summed E-state index contributed by atoms with van der Waals surface area (Å²) in [6, 6.07) is 6.56. The van der Waals surface area contributed by atoms with E-state index in [-0.39, 0.29) is 28.2 Å². The summed E-state index contributed by atoms with van der Waals surface area (Å²) in [6.07, 6.45) is 0.865. The fourth-order valence-corrected chi connectivity index (χ4v) is 1.78. The SMILES string of the molecule is CNC(=O)c1cccc(NC=C(C#N)C(=O)OC(C)C)c1Cl. The van der Waals surface area contributed by atoms with Gasteiger partial charge in [0.25, 0.3) is 5.91 Å². The number of nitriles is 1. The number of nitrogens with zero attached hydrogens (tertiary/aromatic N) is 1. The summed E-state index contributed by atoms with van der Waals surface area (Å²) in [4.78, 5) is 23.3. The van der Waals surface area contributed by atoms with Crippen molar-refractivity contribution in [1.82, 2.24) is 5.32 Å². The van der Waals surface area contributed by atoms with Crippen LogP contribution >= 0.6 is 11.6 Å². The third-order valence-electron chi connectivity index (χ3n) is 2.53. The van der Waals surface area contributed by atoms with Crippen LogP contribution in [0, 0.1) is 11.3 Å². The maximum absolute atomic E-state index is 11.7. The minimum atomic E-state index is -0.733. The summed E-state index contributed by atoms with van der Waals surface area (Å²) >= 11 is 6.12. The molecule has 0 aromatic heterocycles. The zero-order valence-corrected chi connectivity index (χ0v) is 13.2. The van der Waals surface area contributed by atoms with E-state index in [1.54, 1.807) is 38.1 Å². The van der Waals surface area contributed by atoms with E-state index in [2.05, 4.69) is 10.6 Å². The van der Waals surface area contributed by atoms with Crippen molar-refractivity contribution >= 4 is 29.2 Å². The predicted molar refractivity (Wildman–Crippen MR) is 83.4 cm³/mol. The van der Waals surface area contributed by atoms with Gasteiger partial charge in [0, 0.05) is 13.2 Å². The number of esters is 1. The molecule has 0 saturated heterocycles. The number of hydrogen-bond donors (Lipinski definition) is 2. The normalized spacial score (nSPS) is 10.8. The maximum atomic E-state index is 11.7. The second-order valence-electron chi connectivity index (χ2n) is 4.51. The Kier molecular flexibility index (Phi) is 6.42. The molecule has 0 saturated carbocycles. The number of nitrogens with one attached hydrogen (secondary N) is 2. The van der Waals surface area contributed by atoms with Gasteiger partial charge in [-0.15, -0.1) is 0 Å². The highest BCUT2D eigenvalue weighted by Crippen LogP contribution is 2.26. The van der Waals surface area contributed by atoms with Crippen molar-refractivity contribution in [2.24, 2.45) is 0 Å². The van der Waals surface area contributed by atoms with Gasteiger partial charge in [-0.1, -0.05) is 17.7 Å². The van der Waals surface area contributed by atoms with E-state index in [4.69, 9.17) is 21.6 Å². The van der Waals surface area contributed by atoms with Gasteiger partial charge in [0.15, 0.2) is 5.57 Å². The number of hydrogen-bond acceptors (Lipinski definition) is 5. The average Bonchev–Trinajstić information content (AvgIpc) is 2.47. The van der Waals surface area contributed by atoms with Gasteiger partial charge in [0.05, 0.1) is 22.4 Å². The summed E-state index contributed by atoms with van der Waals surface area (Å²) in [6.45, 7) is 3.37. The Balaban J connectivity index is 3.00. The Bertz CT molecular complexity index is 648. The summed E-state index contributed by atoms with van der Waals surface area (Å²) < 4.78 is 4.93. The van der Waals surface area contributed by atoms with Crippen LogP contribution in [-0.2, 0) is 9.53 Å². The van der Waals surface area contributed by atoms with E-state index in [9.17, 15) is 9.59 Å². The second kappa shape index (κ2) is 8.05. The van der Waals surface area contributed by atoms with E-state index in [1.807, 2.05) is 0 Å². The molecule has 0 atom stereocenters. The average molecular weight is 322 g/mol. The molecule has 22 heavy (non-hydrogen) atoms. The molecule has 0 heterocycles. The molecule has 0 fully saturated rings. The Hall–Kier alpha value is -2.52. The van der Waals surface area contributed by atoms with Crippen LogP contribution in [0.1, 0.15) is 24.2 Å². The van der Waals surface area contributed by atoms with Crippen LogP contribution < -0.4 is 10.6 Å². The third kappa shape index (κ3) is 4.50. The van der Waals surface area contributed by atoms with Crippen molar-refractivity contribution in [3.8, 4) is 6.07 Å². The van der Waals surface area contributed by atoms with Crippen molar-refractivity contribution in [2.75, 3.05) is 12.4 Å². The number of halogens is 1. The topological polar surface area (TPSA) is 91.2 Å². The molecule has 1 amide bonds. The Morgan fingerprint density at radius 3 is 2.64 bits per heavy atom. The highest BCUT2D eigenvalue weighted by atomic mass is 35.5. The summed E-state index contributed by atoms with van der Waals surface area (Å²) in [7, 11) is 1.49. The summed E-state index contributed by atoms with van der Waals surface area (Å²) in [5, 5.41) is 14.4. The highest BCUT2D eigenvalue weighted by Gasteiger charge is 2.14. The maximum Gasteiger partial charge on any atom is 0.350 e. The first-order valence-corrected chi connectivity index (χ1v) is 6.86. The number of amides is 1. The fourth-order valence-electron chi connectivity index (χ4n) is 1.52. The van der Waals surface area contributed by atoms with Gasteiger partial charge in [-0.2, -0.15) is 5.26 Å². The lowest BCUT2D eigenvalue weighted by Crippen LogP contribution is -2.18. The number of ether oxygens (including phenoxy) is 1. The molecule has 116 valence electrons. The molecule has 2 N–H and O–H groups in total. The number of benzene rings is 1. The first-order valence-electron chi connectivity index (χ1n) is 6.49. The number of anilines is 1. The van der Waals surface area contributed by atoms with Crippen molar-refractivity contribution in [2.45, 2.75) is 20.0 Å². The van der Waals surface area contributed by atoms with Crippen molar-refractivity contribution in [1.29, 1.82) is 5.26 Å². The van der Waals surface area contributed by atoms with Gasteiger partial charge in [0.1, 0.15) is 6.07 Å². The number of rotatable bonds is 5. The van der Waals surface area contributed by atoms with E-state index in [0.717, 1.165) is 0 Å². The fraction of sp³-hybridized carbons (Fsp3) is 0.267. The van der Waals surface area contributed by atoms with E-state index in [0.29, 0.717) is 5.69 Å². The Morgan fingerprint density at radius 1 is 1.41 bits per heavy atom. The predicted octanol–water partition coefficient (Wildman–Crippen LogP) is 2.47.